The number of aryl methyl sites for hydroxylation is 1. The molecule has 0 radical (unpaired) electrons. The molecule has 4 aliphatic rings. The maximum atomic E-state index is 14.5. The second-order valence-corrected chi connectivity index (χ2v) is 12.2. The Kier molecular flexibility index (Phi) is 6.77. The van der Waals surface area contributed by atoms with Crippen molar-refractivity contribution in [1.29, 1.82) is 0 Å². The van der Waals surface area contributed by atoms with Gasteiger partial charge in [0.15, 0.2) is 5.69 Å². The van der Waals surface area contributed by atoms with Crippen LogP contribution in [0.3, 0.4) is 0 Å². The zero-order valence-electron chi connectivity index (χ0n) is 21.3. The topological polar surface area (TPSA) is 46.5 Å². The lowest BCUT2D eigenvalue weighted by Crippen LogP contribution is -2.55. The van der Waals surface area contributed by atoms with Gasteiger partial charge in [-0.2, -0.15) is 4.98 Å². The number of hydrogen-bond acceptors (Lipinski definition) is 2. The van der Waals surface area contributed by atoms with Crippen LogP contribution in [0.2, 0.25) is 5.15 Å². The number of carbonyl (C=O) groups is 1. The summed E-state index contributed by atoms with van der Waals surface area (Å²) in [6.07, 6.45) is 5.57. The monoisotopic (exact) mass is 528 g/mol. The van der Waals surface area contributed by atoms with Gasteiger partial charge in [0, 0.05) is 62.0 Å². The van der Waals surface area contributed by atoms with Crippen LogP contribution in [-0.2, 0) is 16.6 Å². The summed E-state index contributed by atoms with van der Waals surface area (Å²) in [5.74, 6) is -2.02. The molecule has 3 fully saturated rings. The van der Waals surface area contributed by atoms with Crippen LogP contribution >= 0.6 is 11.6 Å². The van der Waals surface area contributed by atoms with Crippen LogP contribution in [0.4, 0.5) is 8.78 Å². The number of fused-ring (bicyclic) bond motifs is 2. The van der Waals surface area contributed by atoms with E-state index in [1.54, 1.807) is 0 Å². The number of rotatable bonds is 3. The van der Waals surface area contributed by atoms with Gasteiger partial charge in [0.2, 0.25) is 11.8 Å². The second kappa shape index (κ2) is 9.92. The Morgan fingerprint density at radius 3 is 2.62 bits per heavy atom. The third kappa shape index (κ3) is 4.69. The number of benzene rings is 1. The summed E-state index contributed by atoms with van der Waals surface area (Å²) >= 11 is 6.28. The first-order chi connectivity index (χ1) is 17.9. The van der Waals surface area contributed by atoms with Crippen molar-refractivity contribution in [3.05, 3.63) is 64.4 Å². The van der Waals surface area contributed by atoms with Gasteiger partial charge in [-0.25, -0.2) is 8.78 Å². The fraction of sp³-hybridized carbons (Fsp3) is 0.600. The summed E-state index contributed by atoms with van der Waals surface area (Å²) in [5.41, 5.74) is 3.42. The fourth-order valence-corrected chi connectivity index (χ4v) is 8.09. The van der Waals surface area contributed by atoms with E-state index in [4.69, 9.17) is 11.6 Å². The molecule has 2 N–H and O–H groups in total. The van der Waals surface area contributed by atoms with E-state index >= 15 is 0 Å². The van der Waals surface area contributed by atoms with Crippen molar-refractivity contribution < 1.29 is 18.6 Å². The van der Waals surface area contributed by atoms with Crippen LogP contribution in [0.15, 0.2) is 42.5 Å². The number of H-pyrrole nitrogens is 1. The first-order valence-corrected chi connectivity index (χ1v) is 14.4. The van der Waals surface area contributed by atoms with Crippen molar-refractivity contribution in [3.8, 4) is 0 Å². The highest BCUT2D eigenvalue weighted by atomic mass is 35.5. The number of alkyl halides is 2. The highest BCUT2D eigenvalue weighted by Crippen LogP contribution is 2.48. The number of aromatic amines is 1. The predicted octanol–water partition coefficient (Wildman–Crippen LogP) is 5.55. The van der Waals surface area contributed by atoms with E-state index in [2.05, 4.69) is 45.5 Å². The van der Waals surface area contributed by atoms with Crippen LogP contribution in [0.1, 0.15) is 74.1 Å². The number of carbonyl (C=O) groups excluding carboxylic acids is 1. The lowest BCUT2D eigenvalue weighted by molar-refractivity contribution is -0.390. The highest BCUT2D eigenvalue weighted by Gasteiger charge is 2.54. The third-order valence-electron chi connectivity index (χ3n) is 9.84. The molecule has 4 nitrogen and oxygen atoms in total. The molecule has 6 rings (SSSR count). The minimum Gasteiger partial charge on any atom is -0.339 e. The van der Waals surface area contributed by atoms with E-state index in [9.17, 15) is 13.6 Å². The smallest absolute Gasteiger partial charge is 0.273 e. The largest absolute Gasteiger partial charge is 0.339 e. The van der Waals surface area contributed by atoms with E-state index < -0.39 is 5.92 Å². The molecule has 37 heavy (non-hydrogen) atoms. The Hall–Kier alpha value is -2.05. The van der Waals surface area contributed by atoms with E-state index in [0.717, 1.165) is 44.3 Å². The van der Waals surface area contributed by atoms with E-state index in [-0.39, 0.29) is 42.0 Å². The van der Waals surface area contributed by atoms with Crippen LogP contribution in [0.25, 0.3) is 0 Å². The lowest BCUT2D eigenvalue weighted by atomic mass is 9.64. The van der Waals surface area contributed by atoms with Crippen molar-refractivity contribution in [2.45, 2.75) is 81.1 Å². The van der Waals surface area contributed by atoms with Crippen molar-refractivity contribution in [3.63, 3.8) is 0 Å². The Bertz CT molecular complexity index is 1130. The minimum absolute atomic E-state index is 0.0139. The van der Waals surface area contributed by atoms with E-state index in [1.165, 1.54) is 11.1 Å². The van der Waals surface area contributed by atoms with Crippen LogP contribution in [0.5, 0.6) is 0 Å². The van der Waals surface area contributed by atoms with Crippen molar-refractivity contribution in [1.82, 2.24) is 10.2 Å². The van der Waals surface area contributed by atoms with Gasteiger partial charge in [-0.3, -0.25) is 4.79 Å². The molecule has 1 aromatic heterocycles. The number of halogens is 3. The summed E-state index contributed by atoms with van der Waals surface area (Å²) in [7, 11) is 0. The Morgan fingerprint density at radius 1 is 1.05 bits per heavy atom. The van der Waals surface area contributed by atoms with Crippen LogP contribution in [0, 0.1) is 11.8 Å². The van der Waals surface area contributed by atoms with Crippen molar-refractivity contribution in [2.75, 3.05) is 19.6 Å². The van der Waals surface area contributed by atoms with E-state index in [0.29, 0.717) is 37.0 Å². The van der Waals surface area contributed by atoms with Gasteiger partial charge in [0.1, 0.15) is 0 Å². The zero-order valence-corrected chi connectivity index (χ0v) is 22.1. The molecule has 2 saturated heterocycles. The minimum atomic E-state index is -2.57. The molecule has 1 spiro atoms. The van der Waals surface area contributed by atoms with Gasteiger partial charge < -0.3 is 10.2 Å². The molecule has 2 aliphatic carbocycles. The fourth-order valence-electron chi connectivity index (χ4n) is 7.91. The van der Waals surface area contributed by atoms with E-state index in [1.807, 2.05) is 12.1 Å². The number of piperidine rings is 1. The predicted molar refractivity (Wildman–Crippen MR) is 140 cm³/mol. The Balaban J connectivity index is 1.30. The first kappa shape index (κ1) is 25.2. The van der Waals surface area contributed by atoms with Gasteiger partial charge in [-0.05, 0) is 73.6 Å². The summed E-state index contributed by atoms with van der Waals surface area (Å²) in [4.78, 5) is 20.0. The molecular formula is C30H37ClF2N3O+. The highest BCUT2D eigenvalue weighted by molar-refractivity contribution is 6.28. The van der Waals surface area contributed by atoms with Crippen LogP contribution in [-0.4, -0.2) is 42.4 Å². The number of nitrogens with zero attached hydrogens (tertiary/aromatic N) is 1. The molecule has 7 heteroatoms. The Labute approximate surface area is 223 Å². The summed E-state index contributed by atoms with van der Waals surface area (Å²) in [6, 6.07) is 14.5. The normalized spacial score (nSPS) is 31.9. The average molecular weight is 529 g/mol. The molecule has 1 aromatic carbocycles. The van der Waals surface area contributed by atoms with Gasteiger partial charge >= 0.3 is 0 Å². The molecule has 198 valence electrons. The maximum Gasteiger partial charge on any atom is 0.273 e. The van der Waals surface area contributed by atoms with Gasteiger partial charge in [-0.1, -0.05) is 30.3 Å². The van der Waals surface area contributed by atoms with Crippen LogP contribution < -0.4 is 10.3 Å². The number of amides is 1. The number of likely N-dealkylation sites (tertiary alicyclic amines) is 1. The molecule has 1 saturated carbocycles. The summed E-state index contributed by atoms with van der Waals surface area (Å²) in [6.45, 7) is 2.14. The molecule has 4 atom stereocenters. The Morgan fingerprint density at radius 2 is 1.84 bits per heavy atom. The average Bonchev–Trinajstić information content (AvgIpc) is 3.32. The SMILES string of the molecule is O=C([C@@H]1CNC[C@]12CCCc1[nH+]c(Cl)ccc12)N1CC[C@H](c2ccccc2)C[C@H]1C1CCC(F)(F)CC1. The molecule has 1 amide bonds. The first-order valence-electron chi connectivity index (χ1n) is 14.0. The molecule has 2 aliphatic heterocycles. The number of aromatic nitrogens is 1. The molecule has 2 aromatic rings. The standard InChI is InChI=1S/C30H36ClF2N3O/c31-27-9-8-23-25(35-27)7-4-13-29(23)19-34-18-24(29)28(37)36-16-12-22(20-5-2-1-3-6-20)17-26(36)21-10-14-30(32,33)15-11-21/h1-3,5-6,8-9,21-22,24,26,34H,4,7,10-19H2/p+1/t22-,24-,26-,29-/m0/s1. The zero-order chi connectivity index (χ0) is 25.6. The van der Waals surface area contributed by atoms with Gasteiger partial charge in [0.25, 0.3) is 5.15 Å². The van der Waals surface area contributed by atoms with Crippen molar-refractivity contribution in [2.24, 2.45) is 11.8 Å². The van der Waals surface area contributed by atoms with Gasteiger partial charge in [0.05, 0.1) is 5.92 Å². The molecule has 0 bridgehead atoms. The van der Waals surface area contributed by atoms with Gasteiger partial charge in [-0.15, -0.1) is 0 Å². The second-order valence-electron chi connectivity index (χ2n) is 11.8. The molecule has 3 heterocycles. The maximum absolute atomic E-state index is 14.5. The summed E-state index contributed by atoms with van der Waals surface area (Å²) < 4.78 is 28.2. The molecule has 0 unspecified atom stereocenters. The third-order valence-corrected chi connectivity index (χ3v) is 10.1. The number of pyridine rings is 1. The number of nitrogens with one attached hydrogen (secondary N) is 2. The molecular weight excluding hydrogens is 492 g/mol. The van der Waals surface area contributed by atoms with Crippen molar-refractivity contribution >= 4 is 17.5 Å². The quantitative estimate of drug-likeness (QED) is 0.531. The lowest BCUT2D eigenvalue weighted by Gasteiger charge is -2.48. The number of hydrogen-bond donors (Lipinski definition) is 1. The summed E-state index contributed by atoms with van der Waals surface area (Å²) in [5, 5.41) is 4.18.